The van der Waals surface area contributed by atoms with Crippen LogP contribution in [0.25, 0.3) is 5.69 Å². The van der Waals surface area contributed by atoms with Crippen molar-refractivity contribution in [1.82, 2.24) is 18.9 Å². The third kappa shape index (κ3) is 4.72. The summed E-state index contributed by atoms with van der Waals surface area (Å²) in [6, 6.07) is 20.3. The summed E-state index contributed by atoms with van der Waals surface area (Å²) < 4.78 is 4.58. The second-order valence-corrected chi connectivity index (χ2v) is 9.03. The molecule has 2 aromatic heterocycles. The molecule has 2 N–H and O–H groups in total. The number of hydrogen-bond acceptors (Lipinski definition) is 6. The summed E-state index contributed by atoms with van der Waals surface area (Å²) in [5.74, 6) is 0.540. The topological polar surface area (TPSA) is 115 Å². The average Bonchev–Trinajstić information content (AvgIpc) is 3.44. The molecule has 36 heavy (non-hydrogen) atoms. The molecule has 1 aliphatic heterocycles. The highest BCUT2D eigenvalue weighted by Gasteiger charge is 2.23. The Balaban J connectivity index is 1.55. The first-order chi connectivity index (χ1) is 17.5. The summed E-state index contributed by atoms with van der Waals surface area (Å²) in [5.41, 5.74) is 8.35. The molecule has 0 amide bonds. The second-order valence-electron chi connectivity index (χ2n) is 9.03. The lowest BCUT2D eigenvalue weighted by molar-refractivity contribution is 0.490. The van der Waals surface area contributed by atoms with Gasteiger partial charge in [-0.1, -0.05) is 30.3 Å². The van der Waals surface area contributed by atoms with Crippen LogP contribution in [0.4, 0.5) is 5.82 Å². The summed E-state index contributed by atoms with van der Waals surface area (Å²) in [6.45, 7) is 1.60. The Hall–Kier alpha value is -4.42. The van der Waals surface area contributed by atoms with Crippen LogP contribution in [0.1, 0.15) is 29.5 Å². The van der Waals surface area contributed by atoms with E-state index in [-0.39, 0.29) is 24.7 Å². The lowest BCUT2D eigenvalue weighted by Gasteiger charge is -2.34. The van der Waals surface area contributed by atoms with Crippen LogP contribution >= 0.6 is 0 Å². The van der Waals surface area contributed by atoms with Gasteiger partial charge < -0.3 is 10.6 Å². The number of anilines is 1. The minimum atomic E-state index is -0.416. The van der Waals surface area contributed by atoms with Crippen molar-refractivity contribution in [2.75, 3.05) is 18.0 Å². The van der Waals surface area contributed by atoms with Crippen molar-refractivity contribution in [1.29, 1.82) is 5.26 Å². The molecule has 0 spiro atoms. The van der Waals surface area contributed by atoms with Crippen molar-refractivity contribution < 1.29 is 0 Å². The Morgan fingerprint density at radius 1 is 1.03 bits per heavy atom. The predicted octanol–water partition coefficient (Wildman–Crippen LogP) is 2.09. The summed E-state index contributed by atoms with van der Waals surface area (Å²) in [5, 5.41) is 13.8. The highest BCUT2D eigenvalue weighted by molar-refractivity contribution is 5.43. The van der Waals surface area contributed by atoms with Crippen LogP contribution in [0.5, 0.6) is 0 Å². The lowest BCUT2D eigenvalue weighted by atomic mass is 10.1. The molecule has 0 bridgehead atoms. The third-order valence-electron chi connectivity index (χ3n) is 6.55. The zero-order valence-electron chi connectivity index (χ0n) is 19.8. The Labute approximate surface area is 208 Å². The Kier molecular flexibility index (Phi) is 6.52. The number of nitrogens with zero attached hydrogens (tertiary/aromatic N) is 6. The quantitative estimate of drug-likeness (QED) is 0.451. The number of benzene rings is 2. The number of piperidine rings is 1. The van der Waals surface area contributed by atoms with Crippen LogP contribution in [-0.2, 0) is 13.1 Å². The molecule has 1 atom stereocenters. The zero-order valence-corrected chi connectivity index (χ0v) is 19.8. The molecule has 2 aromatic carbocycles. The fraction of sp³-hybridized carbons (Fsp3) is 0.259. The van der Waals surface area contributed by atoms with Gasteiger partial charge in [0, 0.05) is 37.6 Å². The summed E-state index contributed by atoms with van der Waals surface area (Å²) in [4.78, 5) is 29.0. The van der Waals surface area contributed by atoms with E-state index in [2.05, 4.69) is 11.2 Å². The fourth-order valence-corrected chi connectivity index (χ4v) is 4.67. The third-order valence-corrected chi connectivity index (χ3v) is 6.55. The van der Waals surface area contributed by atoms with Gasteiger partial charge in [-0.15, -0.1) is 0 Å². The first-order valence-electron chi connectivity index (χ1n) is 12.0. The lowest BCUT2D eigenvalue weighted by Crippen LogP contribution is -2.48. The Morgan fingerprint density at radius 2 is 1.83 bits per heavy atom. The highest BCUT2D eigenvalue weighted by atomic mass is 16.2. The highest BCUT2D eigenvalue weighted by Crippen LogP contribution is 2.19. The molecule has 5 rings (SSSR count). The van der Waals surface area contributed by atoms with E-state index in [1.54, 1.807) is 27.6 Å². The fourth-order valence-electron chi connectivity index (χ4n) is 4.67. The van der Waals surface area contributed by atoms with E-state index in [9.17, 15) is 14.9 Å². The molecule has 0 saturated carbocycles. The van der Waals surface area contributed by atoms with Gasteiger partial charge in [-0.2, -0.15) is 10.4 Å². The van der Waals surface area contributed by atoms with Crippen LogP contribution < -0.4 is 21.9 Å². The molecule has 182 valence electrons. The number of aromatic nitrogens is 4. The average molecular weight is 482 g/mol. The number of nitriles is 1. The SMILES string of the molecule is N#Cc1ccccc1Cn1c(N2CCC[C@@H](N)C2)cc(=O)n(Cc2ccc(-n3cccn3)cc2)c1=O. The van der Waals surface area contributed by atoms with E-state index in [0.717, 1.165) is 29.7 Å². The van der Waals surface area contributed by atoms with Gasteiger partial charge in [-0.05, 0) is 48.2 Å². The maximum Gasteiger partial charge on any atom is 0.333 e. The van der Waals surface area contributed by atoms with E-state index in [0.29, 0.717) is 24.5 Å². The largest absolute Gasteiger partial charge is 0.356 e. The summed E-state index contributed by atoms with van der Waals surface area (Å²) in [6.07, 6.45) is 5.35. The van der Waals surface area contributed by atoms with Gasteiger partial charge in [0.1, 0.15) is 5.82 Å². The van der Waals surface area contributed by atoms with Crippen molar-refractivity contribution in [3.05, 3.63) is 111 Å². The maximum atomic E-state index is 13.8. The molecule has 0 radical (unpaired) electrons. The number of nitrogens with two attached hydrogens (primary N) is 1. The molecule has 9 nitrogen and oxygen atoms in total. The Morgan fingerprint density at radius 3 is 2.56 bits per heavy atom. The molecule has 0 unspecified atom stereocenters. The molecule has 9 heteroatoms. The first-order valence-corrected chi connectivity index (χ1v) is 12.0. The first kappa shape index (κ1) is 23.3. The minimum Gasteiger partial charge on any atom is -0.356 e. The van der Waals surface area contributed by atoms with E-state index < -0.39 is 5.69 Å². The van der Waals surface area contributed by atoms with Crippen LogP contribution in [0.3, 0.4) is 0 Å². The summed E-state index contributed by atoms with van der Waals surface area (Å²) >= 11 is 0. The van der Waals surface area contributed by atoms with E-state index >= 15 is 0 Å². The molecular formula is C27H27N7O2. The van der Waals surface area contributed by atoms with E-state index in [1.165, 1.54) is 10.6 Å². The van der Waals surface area contributed by atoms with Crippen molar-refractivity contribution in [2.45, 2.75) is 32.0 Å². The van der Waals surface area contributed by atoms with Gasteiger partial charge in [0.15, 0.2) is 0 Å². The standard InChI is InChI=1S/C27H27N7O2/c28-16-21-5-1-2-6-22(21)18-32-25(31-13-3-7-23(29)19-31)15-26(35)33(27(32)36)17-20-8-10-24(11-9-20)34-14-4-12-30-34/h1-2,4-6,8-12,14-15,23H,3,7,13,17-19,29H2/t23-/m1/s1. The zero-order chi connectivity index (χ0) is 25.1. The smallest absolute Gasteiger partial charge is 0.333 e. The minimum absolute atomic E-state index is 0.0237. The molecule has 4 aromatic rings. The van der Waals surface area contributed by atoms with Gasteiger partial charge in [-0.25, -0.2) is 9.48 Å². The van der Waals surface area contributed by atoms with Crippen molar-refractivity contribution >= 4 is 5.82 Å². The molecule has 1 saturated heterocycles. The van der Waals surface area contributed by atoms with Crippen molar-refractivity contribution in [2.24, 2.45) is 5.73 Å². The molecule has 1 aliphatic rings. The van der Waals surface area contributed by atoms with Crippen LogP contribution in [0, 0.1) is 11.3 Å². The molecule has 1 fully saturated rings. The predicted molar refractivity (Wildman–Crippen MR) is 137 cm³/mol. The van der Waals surface area contributed by atoms with Crippen molar-refractivity contribution in [3.63, 3.8) is 0 Å². The summed E-state index contributed by atoms with van der Waals surface area (Å²) in [7, 11) is 0. The van der Waals surface area contributed by atoms with Gasteiger partial charge in [0.05, 0.1) is 30.4 Å². The number of hydrogen-bond donors (Lipinski definition) is 1. The van der Waals surface area contributed by atoms with Crippen LogP contribution in [-0.4, -0.2) is 38.0 Å². The maximum absolute atomic E-state index is 13.8. The number of rotatable bonds is 6. The monoisotopic (exact) mass is 481 g/mol. The van der Waals surface area contributed by atoms with E-state index in [4.69, 9.17) is 5.73 Å². The molecule has 3 heterocycles. The second kappa shape index (κ2) is 10.1. The van der Waals surface area contributed by atoms with Gasteiger partial charge in [-0.3, -0.25) is 13.9 Å². The molecular weight excluding hydrogens is 454 g/mol. The van der Waals surface area contributed by atoms with Crippen molar-refractivity contribution in [3.8, 4) is 11.8 Å². The Bertz CT molecular complexity index is 1510. The molecule has 0 aliphatic carbocycles. The van der Waals surface area contributed by atoms with E-state index in [1.807, 2.05) is 53.6 Å². The van der Waals surface area contributed by atoms with Crippen LogP contribution in [0.15, 0.2) is 82.6 Å². The van der Waals surface area contributed by atoms with Gasteiger partial charge in [0.25, 0.3) is 5.56 Å². The van der Waals surface area contributed by atoms with Crippen LogP contribution in [0.2, 0.25) is 0 Å². The van der Waals surface area contributed by atoms with Gasteiger partial charge >= 0.3 is 5.69 Å². The normalized spacial score (nSPS) is 15.6. The van der Waals surface area contributed by atoms with Gasteiger partial charge in [0.2, 0.25) is 0 Å².